The van der Waals surface area contributed by atoms with Gasteiger partial charge in [0, 0.05) is 29.7 Å². The van der Waals surface area contributed by atoms with Gasteiger partial charge >= 0.3 is 0 Å². The van der Waals surface area contributed by atoms with Crippen LogP contribution in [0.15, 0.2) is 12.1 Å². The van der Waals surface area contributed by atoms with E-state index in [1.807, 2.05) is 0 Å². The van der Waals surface area contributed by atoms with Crippen molar-refractivity contribution in [1.82, 2.24) is 15.5 Å². The highest BCUT2D eigenvalue weighted by molar-refractivity contribution is 6.36. The van der Waals surface area contributed by atoms with E-state index in [1.165, 1.54) is 17.0 Å². The van der Waals surface area contributed by atoms with Crippen LogP contribution >= 0.6 is 23.2 Å². The maximum atomic E-state index is 13.5. The van der Waals surface area contributed by atoms with Gasteiger partial charge in [0.15, 0.2) is 0 Å². The Kier molecular flexibility index (Phi) is 5.61. The molecule has 1 aromatic carbocycles. The quantitative estimate of drug-likeness (QED) is 0.815. The van der Waals surface area contributed by atoms with Gasteiger partial charge < -0.3 is 15.5 Å². The van der Waals surface area contributed by atoms with Crippen LogP contribution in [0.5, 0.6) is 0 Å². The van der Waals surface area contributed by atoms with E-state index in [9.17, 15) is 14.0 Å². The molecule has 2 rings (SSSR count). The van der Waals surface area contributed by atoms with Crippen LogP contribution in [-0.2, 0) is 9.59 Å². The lowest BCUT2D eigenvalue weighted by atomic mass is 10.1. The molecule has 0 saturated carbocycles. The van der Waals surface area contributed by atoms with Crippen LogP contribution in [0, 0.1) is 5.82 Å². The van der Waals surface area contributed by atoms with Crippen LogP contribution in [0.25, 0.3) is 0 Å². The molecular weight excluding hydrogens is 332 g/mol. The predicted octanol–water partition coefficient (Wildman–Crippen LogP) is 1.74. The van der Waals surface area contributed by atoms with Crippen LogP contribution in [0.2, 0.25) is 10.0 Å². The van der Waals surface area contributed by atoms with E-state index < -0.39 is 11.9 Å². The second kappa shape index (κ2) is 7.26. The van der Waals surface area contributed by atoms with Crippen molar-refractivity contribution in [1.29, 1.82) is 0 Å². The highest BCUT2D eigenvalue weighted by Gasteiger charge is 2.22. The third kappa shape index (κ3) is 3.88. The fourth-order valence-corrected chi connectivity index (χ4v) is 2.94. The van der Waals surface area contributed by atoms with Gasteiger partial charge in [-0.1, -0.05) is 23.2 Å². The minimum atomic E-state index is -0.561. The second-order valence-electron chi connectivity index (χ2n) is 5.02. The van der Waals surface area contributed by atoms with E-state index in [0.717, 1.165) is 0 Å². The lowest BCUT2D eigenvalue weighted by molar-refractivity contribution is -0.137. The SMILES string of the molecule is C[C@H](NCC(=O)N1CCNC(=O)C1)c1c(Cl)ccc(F)c1Cl. The number of benzene rings is 1. The summed E-state index contributed by atoms with van der Waals surface area (Å²) in [5, 5.41) is 5.88. The van der Waals surface area contributed by atoms with Crippen molar-refractivity contribution in [2.45, 2.75) is 13.0 Å². The fraction of sp³-hybridized carbons (Fsp3) is 0.429. The zero-order chi connectivity index (χ0) is 16.3. The molecule has 2 amide bonds. The van der Waals surface area contributed by atoms with Crippen molar-refractivity contribution in [2.24, 2.45) is 0 Å². The first-order chi connectivity index (χ1) is 10.4. The zero-order valence-electron chi connectivity index (χ0n) is 12.0. The summed E-state index contributed by atoms with van der Waals surface area (Å²) >= 11 is 12.0. The van der Waals surface area contributed by atoms with Crippen LogP contribution in [0.4, 0.5) is 4.39 Å². The highest BCUT2D eigenvalue weighted by Crippen LogP contribution is 2.32. The summed E-state index contributed by atoms with van der Waals surface area (Å²) < 4.78 is 13.5. The average Bonchev–Trinajstić information content (AvgIpc) is 2.49. The Morgan fingerprint density at radius 3 is 2.91 bits per heavy atom. The van der Waals surface area contributed by atoms with Crippen LogP contribution in [0.3, 0.4) is 0 Å². The Labute approximate surface area is 137 Å². The number of nitrogens with one attached hydrogen (secondary N) is 2. The summed E-state index contributed by atoms with van der Waals surface area (Å²) in [6.07, 6.45) is 0. The van der Waals surface area contributed by atoms with Gasteiger partial charge in [-0.25, -0.2) is 4.39 Å². The molecule has 0 unspecified atom stereocenters. The van der Waals surface area contributed by atoms with Crippen molar-refractivity contribution in [3.63, 3.8) is 0 Å². The van der Waals surface area contributed by atoms with E-state index >= 15 is 0 Å². The maximum Gasteiger partial charge on any atom is 0.239 e. The predicted molar refractivity (Wildman–Crippen MR) is 82.4 cm³/mol. The van der Waals surface area contributed by atoms with Crippen LogP contribution in [0.1, 0.15) is 18.5 Å². The summed E-state index contributed by atoms with van der Waals surface area (Å²) in [6, 6.07) is 2.21. The van der Waals surface area contributed by atoms with Gasteiger partial charge in [-0.05, 0) is 19.1 Å². The largest absolute Gasteiger partial charge is 0.353 e. The minimum Gasteiger partial charge on any atom is -0.353 e. The lowest BCUT2D eigenvalue weighted by Gasteiger charge is -2.27. The van der Waals surface area contributed by atoms with Crippen LogP contribution < -0.4 is 10.6 Å². The average molecular weight is 348 g/mol. The molecule has 2 N–H and O–H groups in total. The maximum absolute atomic E-state index is 13.5. The molecule has 5 nitrogen and oxygen atoms in total. The smallest absolute Gasteiger partial charge is 0.239 e. The molecule has 120 valence electrons. The molecule has 1 fully saturated rings. The molecular formula is C14H16Cl2FN3O2. The van der Waals surface area contributed by atoms with Gasteiger partial charge in [-0.15, -0.1) is 0 Å². The van der Waals surface area contributed by atoms with E-state index in [2.05, 4.69) is 10.6 Å². The second-order valence-corrected chi connectivity index (χ2v) is 5.81. The molecule has 0 aliphatic carbocycles. The number of rotatable bonds is 4. The first kappa shape index (κ1) is 17.0. The summed E-state index contributed by atoms with van der Waals surface area (Å²) in [4.78, 5) is 24.8. The number of halogens is 3. The van der Waals surface area contributed by atoms with Crippen molar-refractivity contribution >= 4 is 35.0 Å². The van der Waals surface area contributed by atoms with Gasteiger partial charge in [0.05, 0.1) is 18.1 Å². The Morgan fingerprint density at radius 1 is 1.50 bits per heavy atom. The molecule has 8 heteroatoms. The van der Waals surface area contributed by atoms with Crippen molar-refractivity contribution < 1.29 is 14.0 Å². The Hall–Kier alpha value is -1.37. The topological polar surface area (TPSA) is 61.4 Å². The highest BCUT2D eigenvalue weighted by atomic mass is 35.5. The number of hydrogen-bond donors (Lipinski definition) is 2. The molecule has 1 aliphatic heterocycles. The molecule has 1 aromatic rings. The zero-order valence-corrected chi connectivity index (χ0v) is 13.5. The van der Waals surface area contributed by atoms with E-state index in [1.54, 1.807) is 6.92 Å². The van der Waals surface area contributed by atoms with Crippen LogP contribution in [-0.4, -0.2) is 42.9 Å². The normalized spacial score (nSPS) is 16.4. The van der Waals surface area contributed by atoms with Crippen molar-refractivity contribution in [2.75, 3.05) is 26.2 Å². The van der Waals surface area contributed by atoms with Crippen molar-refractivity contribution in [3.8, 4) is 0 Å². The van der Waals surface area contributed by atoms with Crippen molar-refractivity contribution in [3.05, 3.63) is 33.6 Å². The standard InChI is InChI=1S/C14H16Cl2FN3O2/c1-8(13-9(15)2-3-10(17)14(13)16)19-6-12(22)20-5-4-18-11(21)7-20/h2-3,8,19H,4-7H2,1H3,(H,18,21)/t8-/m0/s1. The molecule has 0 spiro atoms. The first-order valence-corrected chi connectivity index (χ1v) is 7.57. The number of nitrogens with zero attached hydrogens (tertiary/aromatic N) is 1. The molecule has 0 radical (unpaired) electrons. The minimum absolute atomic E-state index is 0.0115. The first-order valence-electron chi connectivity index (χ1n) is 6.81. The van der Waals surface area contributed by atoms with E-state index in [-0.39, 0.29) is 29.9 Å². The van der Waals surface area contributed by atoms with Gasteiger partial charge in [-0.3, -0.25) is 9.59 Å². The number of piperazine rings is 1. The summed E-state index contributed by atoms with van der Waals surface area (Å²) in [5.74, 6) is -0.942. The Bertz CT molecular complexity index is 598. The molecule has 1 aliphatic rings. The lowest BCUT2D eigenvalue weighted by Crippen LogP contribution is -2.52. The van der Waals surface area contributed by atoms with E-state index in [4.69, 9.17) is 23.2 Å². The van der Waals surface area contributed by atoms with Gasteiger partial charge in [-0.2, -0.15) is 0 Å². The third-order valence-electron chi connectivity index (χ3n) is 3.46. The molecule has 1 atom stereocenters. The monoisotopic (exact) mass is 347 g/mol. The number of carbonyl (C=O) groups excluding carboxylic acids is 2. The molecule has 1 saturated heterocycles. The molecule has 1 heterocycles. The third-order valence-corrected chi connectivity index (χ3v) is 4.18. The number of carbonyl (C=O) groups is 2. The Morgan fingerprint density at radius 2 is 2.23 bits per heavy atom. The summed E-state index contributed by atoms with van der Waals surface area (Å²) in [6.45, 7) is 2.72. The molecule has 0 aromatic heterocycles. The van der Waals surface area contributed by atoms with Gasteiger partial charge in [0.25, 0.3) is 0 Å². The summed E-state index contributed by atoms with van der Waals surface area (Å²) in [5.41, 5.74) is 0.410. The fourth-order valence-electron chi connectivity index (χ4n) is 2.25. The van der Waals surface area contributed by atoms with Gasteiger partial charge in [0.2, 0.25) is 11.8 Å². The number of amides is 2. The van der Waals surface area contributed by atoms with E-state index in [0.29, 0.717) is 23.7 Å². The molecule has 22 heavy (non-hydrogen) atoms. The number of hydrogen-bond acceptors (Lipinski definition) is 3. The summed E-state index contributed by atoms with van der Waals surface area (Å²) in [7, 11) is 0. The molecule has 0 bridgehead atoms. The Balaban J connectivity index is 1.98. The van der Waals surface area contributed by atoms with Gasteiger partial charge in [0.1, 0.15) is 5.82 Å².